The fourth-order valence-electron chi connectivity index (χ4n) is 2.22. The Morgan fingerprint density at radius 3 is 2.65 bits per heavy atom. The van der Waals surface area contributed by atoms with Crippen LogP contribution in [0.15, 0.2) is 66.1 Å². The predicted molar refractivity (Wildman–Crippen MR) is 90.9 cm³/mol. The number of carbonyl (C=O) groups excluding carboxylic acids is 1. The Morgan fingerprint density at radius 1 is 1.15 bits per heavy atom. The predicted octanol–water partition coefficient (Wildman–Crippen LogP) is 3.44. The first-order valence-corrected chi connectivity index (χ1v) is 8.53. The third kappa shape index (κ3) is 4.42. The molecule has 0 bridgehead atoms. The zero-order valence-corrected chi connectivity index (χ0v) is 14.1. The topological polar surface area (TPSA) is 61.7 Å². The summed E-state index contributed by atoms with van der Waals surface area (Å²) in [6, 6.07) is 13.9. The van der Waals surface area contributed by atoms with Crippen LogP contribution in [0.3, 0.4) is 0 Å². The molecular formula is C17H14F3N4OS+. The van der Waals surface area contributed by atoms with Crippen LogP contribution in [0.2, 0.25) is 0 Å². The van der Waals surface area contributed by atoms with Gasteiger partial charge in [0, 0.05) is 5.69 Å². The van der Waals surface area contributed by atoms with E-state index >= 15 is 0 Å². The highest BCUT2D eigenvalue weighted by Gasteiger charge is 2.30. The molecule has 26 heavy (non-hydrogen) atoms. The van der Waals surface area contributed by atoms with Gasteiger partial charge in [-0.3, -0.25) is 4.79 Å². The second-order valence-corrected chi connectivity index (χ2v) is 6.20. The largest absolute Gasteiger partial charge is 0.416 e. The fourth-order valence-corrected chi connectivity index (χ4v) is 2.97. The van der Waals surface area contributed by atoms with Crippen molar-refractivity contribution in [1.29, 1.82) is 0 Å². The van der Waals surface area contributed by atoms with Crippen molar-refractivity contribution in [2.75, 3.05) is 11.1 Å². The van der Waals surface area contributed by atoms with Crippen molar-refractivity contribution in [1.82, 2.24) is 10.1 Å². The number of aromatic nitrogens is 3. The molecule has 2 aromatic carbocycles. The smallest absolute Gasteiger partial charge is 0.325 e. The molecule has 0 radical (unpaired) electrons. The Hall–Kier alpha value is -2.81. The molecule has 9 heteroatoms. The zero-order chi connectivity index (χ0) is 18.6. The number of amides is 1. The number of nitrogens with zero attached hydrogens (tertiary/aromatic N) is 2. The van der Waals surface area contributed by atoms with Gasteiger partial charge < -0.3 is 5.32 Å². The molecule has 0 saturated heterocycles. The molecule has 1 aromatic heterocycles. The lowest BCUT2D eigenvalue weighted by Crippen LogP contribution is -2.35. The molecule has 2 N–H and O–H groups in total. The quantitative estimate of drug-likeness (QED) is 0.527. The maximum Gasteiger partial charge on any atom is 0.416 e. The summed E-state index contributed by atoms with van der Waals surface area (Å²) >= 11 is 1.17. The van der Waals surface area contributed by atoms with Crippen molar-refractivity contribution in [3.63, 3.8) is 0 Å². The lowest BCUT2D eigenvalue weighted by Gasteiger charge is -2.09. The molecule has 134 valence electrons. The molecule has 0 fully saturated rings. The van der Waals surface area contributed by atoms with E-state index in [4.69, 9.17) is 0 Å². The van der Waals surface area contributed by atoms with Crippen LogP contribution >= 0.6 is 11.8 Å². The summed E-state index contributed by atoms with van der Waals surface area (Å²) in [5.41, 5.74) is 0.145. The fraction of sp³-hybridized carbons (Fsp3) is 0.118. The second-order valence-electron chi connectivity index (χ2n) is 5.26. The molecular weight excluding hydrogens is 365 g/mol. The summed E-state index contributed by atoms with van der Waals surface area (Å²) in [4.78, 5) is 16.2. The number of anilines is 1. The van der Waals surface area contributed by atoms with E-state index in [1.54, 1.807) is 4.68 Å². The van der Waals surface area contributed by atoms with E-state index in [9.17, 15) is 18.0 Å². The minimum Gasteiger partial charge on any atom is -0.325 e. The van der Waals surface area contributed by atoms with Crippen LogP contribution in [0.25, 0.3) is 5.69 Å². The van der Waals surface area contributed by atoms with Crippen molar-refractivity contribution in [2.24, 2.45) is 0 Å². The summed E-state index contributed by atoms with van der Waals surface area (Å²) in [7, 11) is 0. The number of rotatable bonds is 5. The monoisotopic (exact) mass is 379 g/mol. The van der Waals surface area contributed by atoms with E-state index in [2.05, 4.69) is 15.4 Å². The Morgan fingerprint density at radius 2 is 1.92 bits per heavy atom. The number of H-pyrrole nitrogens is 1. The number of alkyl halides is 3. The molecule has 3 rings (SSSR count). The Balaban J connectivity index is 1.63. The highest BCUT2D eigenvalue weighted by Crippen LogP contribution is 2.30. The number of thioether (sulfide) groups is 1. The average Bonchev–Trinajstić information content (AvgIpc) is 3.09. The van der Waals surface area contributed by atoms with Crippen molar-refractivity contribution < 1.29 is 22.6 Å². The van der Waals surface area contributed by atoms with Gasteiger partial charge in [-0.25, -0.2) is 0 Å². The van der Waals surface area contributed by atoms with Crippen molar-refractivity contribution in [3.8, 4) is 5.69 Å². The van der Waals surface area contributed by atoms with Crippen molar-refractivity contribution in [3.05, 3.63) is 66.5 Å². The number of carbonyl (C=O) groups is 1. The van der Waals surface area contributed by atoms with Gasteiger partial charge in [0.05, 0.1) is 11.3 Å². The van der Waals surface area contributed by atoms with Gasteiger partial charge in [-0.2, -0.15) is 18.3 Å². The number of aromatic amines is 1. The third-order valence-electron chi connectivity index (χ3n) is 3.37. The van der Waals surface area contributed by atoms with E-state index in [1.807, 2.05) is 30.3 Å². The Labute approximate surface area is 151 Å². The van der Waals surface area contributed by atoms with E-state index < -0.39 is 17.6 Å². The number of para-hydroxylation sites is 1. The number of benzene rings is 2. The second kappa shape index (κ2) is 7.61. The average molecular weight is 379 g/mol. The first-order chi connectivity index (χ1) is 12.4. The van der Waals surface area contributed by atoms with Crippen LogP contribution in [0, 0.1) is 0 Å². The van der Waals surface area contributed by atoms with Crippen LogP contribution in [0.4, 0.5) is 18.9 Å². The molecule has 0 aliphatic heterocycles. The van der Waals surface area contributed by atoms with Gasteiger partial charge in [0.15, 0.2) is 5.69 Å². The molecule has 5 nitrogen and oxygen atoms in total. The molecule has 0 aliphatic rings. The molecule has 0 unspecified atom stereocenters. The lowest BCUT2D eigenvalue weighted by atomic mass is 10.2. The van der Waals surface area contributed by atoms with E-state index in [-0.39, 0.29) is 11.4 Å². The number of hydrogen-bond acceptors (Lipinski definition) is 3. The standard InChI is InChI=1S/C17H13F3N4OS/c18-17(19,20)12-5-4-6-13(9-12)23-15(25)10-26-16-21-11-22-24(16)14-7-2-1-3-8-14/h1-9,11H,10H2,(H,23,25)/p+1. The summed E-state index contributed by atoms with van der Waals surface area (Å²) in [5.74, 6) is -0.412. The van der Waals surface area contributed by atoms with Gasteiger partial charge in [0.25, 0.3) is 0 Å². The van der Waals surface area contributed by atoms with Crippen molar-refractivity contribution in [2.45, 2.75) is 11.3 Å². The van der Waals surface area contributed by atoms with Crippen LogP contribution in [0.1, 0.15) is 5.56 Å². The van der Waals surface area contributed by atoms with Crippen LogP contribution in [-0.2, 0) is 11.0 Å². The minimum absolute atomic E-state index is 0.00787. The first-order valence-electron chi connectivity index (χ1n) is 7.54. The molecule has 1 amide bonds. The van der Waals surface area contributed by atoms with Gasteiger partial charge in [0.2, 0.25) is 12.2 Å². The van der Waals surface area contributed by atoms with E-state index in [0.717, 1.165) is 17.8 Å². The summed E-state index contributed by atoms with van der Waals surface area (Å²) < 4.78 is 39.9. The van der Waals surface area contributed by atoms with Crippen LogP contribution in [0.5, 0.6) is 0 Å². The van der Waals surface area contributed by atoms with Gasteiger partial charge in [-0.15, -0.1) is 4.68 Å². The maximum atomic E-state index is 12.7. The first kappa shape index (κ1) is 18.0. The van der Waals surface area contributed by atoms with Gasteiger partial charge in [-0.1, -0.05) is 24.3 Å². The number of hydrogen-bond donors (Lipinski definition) is 2. The van der Waals surface area contributed by atoms with Gasteiger partial charge >= 0.3 is 11.3 Å². The summed E-state index contributed by atoms with van der Waals surface area (Å²) in [5, 5.41) is 5.98. The van der Waals surface area contributed by atoms with E-state index in [0.29, 0.717) is 5.16 Å². The number of halogens is 3. The number of nitrogens with one attached hydrogen (secondary N) is 2. The lowest BCUT2D eigenvalue weighted by molar-refractivity contribution is -0.694. The summed E-state index contributed by atoms with van der Waals surface area (Å²) in [6.45, 7) is 0. The van der Waals surface area contributed by atoms with E-state index in [1.165, 1.54) is 30.2 Å². The molecule has 0 spiro atoms. The van der Waals surface area contributed by atoms with Gasteiger partial charge in [-0.05, 0) is 47.1 Å². The maximum absolute atomic E-state index is 12.7. The Bertz CT molecular complexity index is 896. The molecule has 0 aliphatic carbocycles. The third-order valence-corrected chi connectivity index (χ3v) is 4.33. The highest BCUT2D eigenvalue weighted by atomic mass is 32.2. The molecule has 0 saturated carbocycles. The van der Waals surface area contributed by atoms with Crippen LogP contribution in [-0.4, -0.2) is 21.7 Å². The van der Waals surface area contributed by atoms with Crippen LogP contribution < -0.4 is 10.00 Å². The zero-order valence-electron chi connectivity index (χ0n) is 13.3. The highest BCUT2D eigenvalue weighted by molar-refractivity contribution is 7.99. The SMILES string of the molecule is O=C(CSc1nc[nH][n+]1-c1ccccc1)Nc1cccc(C(F)(F)F)c1. The molecule has 3 aromatic rings. The van der Waals surface area contributed by atoms with Crippen molar-refractivity contribution >= 4 is 23.4 Å². The summed E-state index contributed by atoms with van der Waals surface area (Å²) in [6.07, 6.45) is -2.95. The minimum atomic E-state index is -4.45. The Kier molecular flexibility index (Phi) is 5.27. The normalized spacial score (nSPS) is 11.3. The molecule has 0 atom stereocenters. The molecule has 1 heterocycles. The van der Waals surface area contributed by atoms with Gasteiger partial charge in [0.1, 0.15) is 0 Å².